The molecule has 7 heteroatoms. The Kier molecular flexibility index (Phi) is 6.73. The van der Waals surface area contributed by atoms with E-state index in [1.807, 2.05) is 24.2 Å². The summed E-state index contributed by atoms with van der Waals surface area (Å²) in [6, 6.07) is 5.23. The number of allylic oxidation sites excluding steroid dienone is 2. The molecule has 0 radical (unpaired) electrons. The molecule has 1 aromatic carbocycles. The monoisotopic (exact) mass is 425 g/mol. The molecule has 3 aliphatic heterocycles. The summed E-state index contributed by atoms with van der Waals surface area (Å²) < 4.78 is 21.0. The fraction of sp³-hybridized carbons (Fsp3) is 0.458. The Balaban J connectivity index is 1.71. The van der Waals surface area contributed by atoms with Crippen LogP contribution in [0.25, 0.3) is 5.57 Å². The number of ether oxygens (including phenoxy) is 1. The maximum atomic E-state index is 14.8. The molecule has 1 aromatic rings. The van der Waals surface area contributed by atoms with Gasteiger partial charge in [-0.3, -0.25) is 9.89 Å². The van der Waals surface area contributed by atoms with Crippen LogP contribution in [0.3, 0.4) is 0 Å². The molecule has 3 heterocycles. The van der Waals surface area contributed by atoms with Gasteiger partial charge in [-0.25, -0.2) is 4.39 Å². The molecule has 1 atom stereocenters. The van der Waals surface area contributed by atoms with Gasteiger partial charge < -0.3 is 19.9 Å². The van der Waals surface area contributed by atoms with Crippen LogP contribution in [0.5, 0.6) is 5.75 Å². The van der Waals surface area contributed by atoms with Crippen molar-refractivity contribution >= 4 is 11.4 Å². The lowest BCUT2D eigenvalue weighted by Crippen LogP contribution is -2.56. The Morgan fingerprint density at radius 3 is 3.00 bits per heavy atom. The van der Waals surface area contributed by atoms with E-state index in [9.17, 15) is 4.39 Å². The highest BCUT2D eigenvalue weighted by atomic mass is 19.1. The number of fused-ring (bicyclic) bond motifs is 5. The average Bonchev–Trinajstić information content (AvgIpc) is 2.77. The first-order valence-electron chi connectivity index (χ1n) is 11.1. The third-order valence-electron chi connectivity index (χ3n) is 6.08. The number of hydrogen-bond donors (Lipinski definition) is 1. The minimum absolute atomic E-state index is 0.280. The summed E-state index contributed by atoms with van der Waals surface area (Å²) in [5.74, 6) is 1.89. The maximum Gasteiger partial charge on any atom is 0.131 e. The first-order chi connectivity index (χ1) is 15.1. The molecule has 0 aromatic heterocycles. The minimum Gasteiger partial charge on any atom is -0.492 e. The zero-order chi connectivity index (χ0) is 21.8. The highest BCUT2D eigenvalue weighted by Crippen LogP contribution is 2.28. The van der Waals surface area contributed by atoms with Crippen LogP contribution in [0, 0.1) is 5.82 Å². The zero-order valence-electron chi connectivity index (χ0n) is 18.5. The number of nitrogens with zero attached hydrogens (tertiary/aromatic N) is 4. The average molecular weight is 426 g/mol. The van der Waals surface area contributed by atoms with Gasteiger partial charge in [-0.05, 0) is 37.2 Å². The maximum absolute atomic E-state index is 14.8. The van der Waals surface area contributed by atoms with Gasteiger partial charge in [0.15, 0.2) is 0 Å². The van der Waals surface area contributed by atoms with E-state index < -0.39 is 0 Å². The fourth-order valence-corrected chi connectivity index (χ4v) is 4.41. The number of benzene rings is 1. The van der Waals surface area contributed by atoms with Crippen LogP contribution >= 0.6 is 0 Å². The van der Waals surface area contributed by atoms with Gasteiger partial charge in [-0.2, -0.15) is 0 Å². The Bertz CT molecular complexity index is 909. The number of nitrogens with one attached hydrogen (secondary N) is 1. The van der Waals surface area contributed by atoms with E-state index >= 15 is 0 Å². The first-order valence-corrected chi connectivity index (χ1v) is 11.1. The smallest absolute Gasteiger partial charge is 0.131 e. The number of rotatable bonds is 3. The second kappa shape index (κ2) is 9.66. The molecule has 3 aliphatic rings. The van der Waals surface area contributed by atoms with Crippen molar-refractivity contribution in [3.05, 3.63) is 60.3 Å². The first kappa shape index (κ1) is 21.6. The summed E-state index contributed by atoms with van der Waals surface area (Å²) in [4.78, 5) is 11.7. The molecule has 0 aliphatic carbocycles. The van der Waals surface area contributed by atoms with Crippen molar-refractivity contribution in [3.8, 4) is 5.75 Å². The molecular formula is C24H32FN5O. The quantitative estimate of drug-likeness (QED) is 0.807. The van der Waals surface area contributed by atoms with Gasteiger partial charge >= 0.3 is 0 Å². The summed E-state index contributed by atoms with van der Waals surface area (Å²) in [7, 11) is 1.92. The van der Waals surface area contributed by atoms with Crippen LogP contribution in [0.15, 0.2) is 53.9 Å². The van der Waals surface area contributed by atoms with Crippen LogP contribution in [0.4, 0.5) is 4.39 Å². The minimum atomic E-state index is -0.307. The van der Waals surface area contributed by atoms with E-state index in [2.05, 4.69) is 28.6 Å². The molecule has 6 nitrogen and oxygen atoms in total. The largest absolute Gasteiger partial charge is 0.492 e. The lowest BCUT2D eigenvalue weighted by atomic mass is 10.0. The fourth-order valence-electron chi connectivity index (χ4n) is 4.41. The number of halogens is 1. The van der Waals surface area contributed by atoms with Crippen molar-refractivity contribution in [3.63, 3.8) is 0 Å². The molecule has 1 fully saturated rings. The molecule has 0 amide bonds. The number of hydrogen-bond acceptors (Lipinski definition) is 6. The van der Waals surface area contributed by atoms with Crippen LogP contribution in [-0.4, -0.2) is 79.5 Å². The van der Waals surface area contributed by atoms with E-state index in [0.29, 0.717) is 30.0 Å². The van der Waals surface area contributed by atoms with Crippen LogP contribution in [-0.2, 0) is 0 Å². The van der Waals surface area contributed by atoms with Gasteiger partial charge in [0.25, 0.3) is 0 Å². The summed E-state index contributed by atoms with van der Waals surface area (Å²) in [6.07, 6.45) is 6.70. The van der Waals surface area contributed by atoms with Crippen LogP contribution < -0.4 is 10.1 Å². The van der Waals surface area contributed by atoms with Gasteiger partial charge in [0.1, 0.15) is 29.8 Å². The van der Waals surface area contributed by atoms with E-state index in [1.54, 1.807) is 18.2 Å². The number of piperazine rings is 1. The van der Waals surface area contributed by atoms with Crippen LogP contribution in [0.2, 0.25) is 0 Å². The molecule has 31 heavy (non-hydrogen) atoms. The Morgan fingerprint density at radius 1 is 1.32 bits per heavy atom. The zero-order valence-corrected chi connectivity index (χ0v) is 18.5. The predicted molar refractivity (Wildman–Crippen MR) is 123 cm³/mol. The summed E-state index contributed by atoms with van der Waals surface area (Å²) in [5.41, 5.74) is 1.13. The molecule has 0 spiro atoms. The standard InChI is InChI=1S/C24H32FN5O/c1-4-10-29-13-14-30-12-9-26-23-8-11-28(3)24(27-23)20(5-2)21-15-19(6-7-22(21)25)31-17-18(30)16-29/h5-8,11,15,18H,2,4,9-10,12-14,16-17H2,1,3H3,(H,26,27)/b24-20+/t18-/m0/s1. The van der Waals surface area contributed by atoms with Crippen molar-refractivity contribution < 1.29 is 9.13 Å². The van der Waals surface area contributed by atoms with Crippen molar-refractivity contribution in [2.24, 2.45) is 4.99 Å². The van der Waals surface area contributed by atoms with E-state index in [1.165, 1.54) is 6.07 Å². The normalized spacial score (nSPS) is 25.1. The third-order valence-corrected chi connectivity index (χ3v) is 6.08. The topological polar surface area (TPSA) is 43.3 Å². The van der Waals surface area contributed by atoms with Gasteiger partial charge in [0.05, 0.1) is 12.6 Å². The van der Waals surface area contributed by atoms with Gasteiger partial charge in [-0.15, -0.1) is 0 Å². The van der Waals surface area contributed by atoms with Gasteiger partial charge in [0, 0.05) is 50.6 Å². The van der Waals surface area contributed by atoms with Gasteiger partial charge in [0.2, 0.25) is 0 Å². The Morgan fingerprint density at radius 2 is 2.19 bits per heavy atom. The van der Waals surface area contributed by atoms with E-state index in [-0.39, 0.29) is 11.9 Å². The van der Waals surface area contributed by atoms with Crippen molar-refractivity contribution in [1.82, 2.24) is 20.0 Å². The molecule has 0 unspecified atom stereocenters. The van der Waals surface area contributed by atoms with E-state index in [0.717, 1.165) is 50.8 Å². The SMILES string of the molecule is C=C/C1=C2/NC(=NCCN3CCN(CCC)C[C@H]3COc3ccc(F)c1c3)C=CN2C. The van der Waals surface area contributed by atoms with Crippen LogP contribution in [0.1, 0.15) is 18.9 Å². The van der Waals surface area contributed by atoms with Crippen molar-refractivity contribution in [2.45, 2.75) is 19.4 Å². The lowest BCUT2D eigenvalue weighted by Gasteiger charge is -2.41. The van der Waals surface area contributed by atoms with Crippen molar-refractivity contribution in [2.75, 3.05) is 52.9 Å². The summed E-state index contributed by atoms with van der Waals surface area (Å²) in [6.45, 7) is 12.4. The molecule has 1 saturated heterocycles. The molecule has 4 rings (SSSR count). The highest BCUT2D eigenvalue weighted by Gasteiger charge is 2.27. The molecule has 166 valence electrons. The summed E-state index contributed by atoms with van der Waals surface area (Å²) in [5, 5.41) is 3.35. The summed E-state index contributed by atoms with van der Waals surface area (Å²) >= 11 is 0. The second-order valence-corrected chi connectivity index (χ2v) is 8.23. The molecule has 4 bridgehead atoms. The predicted octanol–water partition coefficient (Wildman–Crippen LogP) is 2.92. The Hall–Kier alpha value is -2.64. The molecular weight excluding hydrogens is 393 g/mol. The number of amidine groups is 1. The molecule has 0 saturated carbocycles. The second-order valence-electron chi connectivity index (χ2n) is 8.23. The van der Waals surface area contributed by atoms with Gasteiger partial charge in [-0.1, -0.05) is 19.6 Å². The van der Waals surface area contributed by atoms with E-state index in [4.69, 9.17) is 9.73 Å². The third kappa shape index (κ3) is 4.83. The Labute approximate surface area is 184 Å². The number of aliphatic imine (C=N–C) groups is 1. The lowest BCUT2D eigenvalue weighted by molar-refractivity contribution is 0.0486. The highest BCUT2D eigenvalue weighted by molar-refractivity contribution is 5.97. The van der Waals surface area contributed by atoms with Crippen molar-refractivity contribution in [1.29, 1.82) is 0 Å². The molecule has 1 N–H and O–H groups in total.